The average Bonchev–Trinajstić information content (AvgIpc) is 3.34. The SMILES string of the molecule is CC(C)(C)OC(=O)CCCCCCCCCCCCCCC(=O)N[C@@H](CNC(=O)OCC1c2ccccc2-c2ccccc21)C(=O)O. The van der Waals surface area contributed by atoms with Crippen LogP contribution in [0.3, 0.4) is 0 Å². The summed E-state index contributed by atoms with van der Waals surface area (Å²) < 4.78 is 10.8. The van der Waals surface area contributed by atoms with Gasteiger partial charge in [0.1, 0.15) is 18.2 Å². The van der Waals surface area contributed by atoms with Crippen LogP contribution < -0.4 is 10.6 Å². The van der Waals surface area contributed by atoms with E-state index in [0.29, 0.717) is 12.8 Å². The predicted octanol–water partition coefficient (Wildman–Crippen LogP) is 7.90. The molecule has 0 saturated heterocycles. The zero-order chi connectivity index (χ0) is 34.1. The summed E-state index contributed by atoms with van der Waals surface area (Å²) in [7, 11) is 0. The van der Waals surface area contributed by atoms with Crippen LogP contribution in [0.25, 0.3) is 11.1 Å². The monoisotopic (exact) mass is 650 g/mol. The molecule has 0 bridgehead atoms. The van der Waals surface area contributed by atoms with Gasteiger partial charge in [-0.25, -0.2) is 9.59 Å². The van der Waals surface area contributed by atoms with Gasteiger partial charge in [-0.1, -0.05) is 113 Å². The maximum absolute atomic E-state index is 12.4. The van der Waals surface area contributed by atoms with Gasteiger partial charge in [-0.2, -0.15) is 0 Å². The summed E-state index contributed by atoms with van der Waals surface area (Å²) in [5.74, 6) is -1.75. The van der Waals surface area contributed by atoms with E-state index in [0.717, 1.165) is 60.8 Å². The van der Waals surface area contributed by atoms with Gasteiger partial charge in [0.15, 0.2) is 0 Å². The van der Waals surface area contributed by atoms with Crippen LogP contribution in [0.2, 0.25) is 0 Å². The molecule has 1 atom stereocenters. The maximum Gasteiger partial charge on any atom is 0.407 e. The molecule has 0 saturated carbocycles. The minimum Gasteiger partial charge on any atom is -0.480 e. The summed E-state index contributed by atoms with van der Waals surface area (Å²) in [5.41, 5.74) is 4.02. The Balaban J connectivity index is 1.19. The van der Waals surface area contributed by atoms with E-state index >= 15 is 0 Å². The number of nitrogens with one attached hydrogen (secondary N) is 2. The van der Waals surface area contributed by atoms with Crippen molar-refractivity contribution >= 4 is 23.9 Å². The molecule has 3 N–H and O–H groups in total. The van der Waals surface area contributed by atoms with E-state index in [2.05, 4.69) is 22.8 Å². The lowest BCUT2D eigenvalue weighted by atomic mass is 9.98. The van der Waals surface area contributed by atoms with Crippen LogP contribution in [0.15, 0.2) is 48.5 Å². The molecule has 0 radical (unpaired) electrons. The van der Waals surface area contributed by atoms with Gasteiger partial charge in [0.2, 0.25) is 5.91 Å². The first-order valence-electron chi connectivity index (χ1n) is 17.4. The van der Waals surface area contributed by atoms with Crippen LogP contribution in [-0.4, -0.2) is 53.8 Å². The zero-order valence-corrected chi connectivity index (χ0v) is 28.5. The molecule has 0 aromatic heterocycles. The van der Waals surface area contributed by atoms with Gasteiger partial charge in [-0.15, -0.1) is 0 Å². The molecule has 0 fully saturated rings. The molecule has 0 spiro atoms. The van der Waals surface area contributed by atoms with Crippen LogP contribution in [0.5, 0.6) is 0 Å². The molecule has 47 heavy (non-hydrogen) atoms. The largest absolute Gasteiger partial charge is 0.480 e. The van der Waals surface area contributed by atoms with Gasteiger partial charge < -0.3 is 25.2 Å². The minimum atomic E-state index is -1.23. The number of hydrogen-bond donors (Lipinski definition) is 3. The molecule has 9 nitrogen and oxygen atoms in total. The van der Waals surface area contributed by atoms with E-state index in [9.17, 15) is 24.3 Å². The van der Waals surface area contributed by atoms with Crippen LogP contribution in [0.4, 0.5) is 4.79 Å². The van der Waals surface area contributed by atoms with Crippen molar-refractivity contribution in [3.05, 3.63) is 59.7 Å². The van der Waals surface area contributed by atoms with Crippen molar-refractivity contribution in [1.82, 2.24) is 10.6 Å². The number of esters is 1. The summed E-state index contributed by atoms with van der Waals surface area (Å²) in [5, 5.41) is 14.6. The van der Waals surface area contributed by atoms with Crippen LogP contribution >= 0.6 is 0 Å². The number of carboxylic acids is 1. The Kier molecular flexibility index (Phi) is 15.8. The second-order valence-corrected chi connectivity index (χ2v) is 13.5. The topological polar surface area (TPSA) is 131 Å². The van der Waals surface area contributed by atoms with E-state index in [4.69, 9.17) is 9.47 Å². The van der Waals surface area contributed by atoms with Gasteiger partial charge in [-0.05, 0) is 55.9 Å². The molecule has 0 aliphatic heterocycles. The first-order chi connectivity index (χ1) is 22.5. The van der Waals surface area contributed by atoms with Crippen molar-refractivity contribution in [2.45, 2.75) is 128 Å². The Hall–Kier alpha value is -3.88. The standard InChI is InChI=1S/C38H54N2O7/c1-38(2,3)47-35(42)25-15-13-11-9-7-5-4-6-8-10-12-14-24-34(41)40-33(36(43)44)26-39-37(45)46-27-32-30-22-18-16-20-28(30)29-21-17-19-23-31(29)32/h16-23,32-33H,4-15,24-27H2,1-3H3,(H,39,45)(H,40,41)(H,43,44)/t33-/m0/s1. The molecular formula is C38H54N2O7. The van der Waals surface area contributed by atoms with E-state index in [1.165, 1.54) is 32.1 Å². The first-order valence-corrected chi connectivity index (χ1v) is 17.4. The lowest BCUT2D eigenvalue weighted by Gasteiger charge is -2.19. The summed E-state index contributed by atoms with van der Waals surface area (Å²) in [6.45, 7) is 5.54. The molecule has 2 aromatic carbocycles. The summed E-state index contributed by atoms with van der Waals surface area (Å²) in [6, 6.07) is 14.8. The van der Waals surface area contributed by atoms with E-state index in [1.54, 1.807) is 0 Å². The van der Waals surface area contributed by atoms with Crippen molar-refractivity contribution in [3.63, 3.8) is 0 Å². The summed E-state index contributed by atoms with van der Waals surface area (Å²) in [4.78, 5) is 48.3. The van der Waals surface area contributed by atoms with Crippen LogP contribution in [0.1, 0.15) is 128 Å². The highest BCUT2D eigenvalue weighted by Crippen LogP contribution is 2.44. The van der Waals surface area contributed by atoms with Gasteiger partial charge in [0.25, 0.3) is 0 Å². The molecule has 3 rings (SSSR count). The van der Waals surface area contributed by atoms with Crippen LogP contribution in [-0.2, 0) is 23.9 Å². The third kappa shape index (κ3) is 13.8. The Morgan fingerprint density at radius 2 is 1.19 bits per heavy atom. The molecule has 9 heteroatoms. The van der Waals surface area contributed by atoms with Gasteiger partial charge >= 0.3 is 18.0 Å². The highest BCUT2D eigenvalue weighted by atomic mass is 16.6. The number of carbonyl (C=O) groups is 4. The van der Waals surface area contributed by atoms with Crippen molar-refractivity contribution in [3.8, 4) is 11.1 Å². The fourth-order valence-electron chi connectivity index (χ4n) is 6.02. The zero-order valence-electron chi connectivity index (χ0n) is 28.5. The smallest absolute Gasteiger partial charge is 0.407 e. The number of aliphatic carboxylic acids is 1. The third-order valence-corrected chi connectivity index (χ3v) is 8.38. The normalized spacial score (nSPS) is 12.9. The van der Waals surface area contributed by atoms with Crippen molar-refractivity contribution in [2.75, 3.05) is 13.2 Å². The molecule has 0 heterocycles. The predicted molar refractivity (Wildman–Crippen MR) is 183 cm³/mol. The second-order valence-electron chi connectivity index (χ2n) is 13.5. The average molecular weight is 651 g/mol. The Labute approximate surface area is 280 Å². The summed E-state index contributed by atoms with van der Waals surface area (Å²) in [6.07, 6.45) is 12.9. The quantitative estimate of drug-likeness (QED) is 0.0925. The van der Waals surface area contributed by atoms with Crippen molar-refractivity contribution in [2.24, 2.45) is 0 Å². The number of fused-ring (bicyclic) bond motifs is 3. The number of rotatable bonds is 21. The number of unbranched alkanes of at least 4 members (excludes halogenated alkanes) is 11. The summed E-state index contributed by atoms with van der Waals surface area (Å²) >= 11 is 0. The molecular weight excluding hydrogens is 596 g/mol. The molecule has 1 aliphatic rings. The fourth-order valence-corrected chi connectivity index (χ4v) is 6.02. The van der Waals surface area contributed by atoms with E-state index < -0.39 is 23.7 Å². The lowest BCUT2D eigenvalue weighted by Crippen LogP contribution is -2.48. The van der Waals surface area contributed by atoms with Crippen LogP contribution in [0, 0.1) is 0 Å². The first kappa shape index (κ1) is 37.6. The fraction of sp³-hybridized carbons (Fsp3) is 0.579. The molecule has 1 aliphatic carbocycles. The van der Waals surface area contributed by atoms with E-state index in [1.807, 2.05) is 57.2 Å². The number of carboxylic acid groups (broad SMARTS) is 1. The van der Waals surface area contributed by atoms with Crippen molar-refractivity contribution < 1.29 is 33.8 Å². The highest BCUT2D eigenvalue weighted by molar-refractivity contribution is 5.84. The molecule has 2 amide bonds. The van der Waals surface area contributed by atoms with Crippen molar-refractivity contribution in [1.29, 1.82) is 0 Å². The number of hydrogen-bond acceptors (Lipinski definition) is 6. The molecule has 258 valence electrons. The maximum atomic E-state index is 12.4. The number of alkyl carbamates (subject to hydrolysis) is 1. The van der Waals surface area contributed by atoms with Gasteiger partial charge in [0, 0.05) is 18.8 Å². The third-order valence-electron chi connectivity index (χ3n) is 8.38. The second kappa shape index (κ2) is 19.7. The molecule has 0 unspecified atom stereocenters. The molecule has 2 aromatic rings. The number of carbonyl (C=O) groups excluding carboxylic acids is 3. The van der Waals surface area contributed by atoms with Gasteiger partial charge in [-0.3, -0.25) is 9.59 Å². The van der Waals surface area contributed by atoms with E-state index in [-0.39, 0.29) is 37.4 Å². The highest BCUT2D eigenvalue weighted by Gasteiger charge is 2.29. The van der Waals surface area contributed by atoms with Gasteiger partial charge in [0.05, 0.1) is 6.54 Å². The number of benzene rings is 2. The Morgan fingerprint density at radius 3 is 1.68 bits per heavy atom. The number of ether oxygens (including phenoxy) is 2. The minimum absolute atomic E-state index is 0.0947. The Morgan fingerprint density at radius 1 is 0.723 bits per heavy atom. The lowest BCUT2D eigenvalue weighted by molar-refractivity contribution is -0.155. The number of amides is 2. The Bertz CT molecular complexity index is 1260.